The number of aryl methyl sites for hydroxylation is 1. The Labute approximate surface area is 158 Å². The average molecular weight is 368 g/mol. The lowest BCUT2D eigenvalue weighted by Crippen LogP contribution is -2.38. The molecule has 2 amide bonds. The summed E-state index contributed by atoms with van der Waals surface area (Å²) in [5.41, 5.74) is 3.24. The lowest BCUT2D eigenvalue weighted by Gasteiger charge is -2.18. The van der Waals surface area contributed by atoms with Gasteiger partial charge in [-0.1, -0.05) is 36.9 Å². The number of rotatable bonds is 7. The van der Waals surface area contributed by atoms with Gasteiger partial charge in [0.05, 0.1) is 11.3 Å². The fraction of sp³-hybridized carbons (Fsp3) is 0.316. The highest BCUT2D eigenvalue weighted by molar-refractivity contribution is 8.17. The molecule has 134 valence electrons. The third-order valence-corrected chi connectivity index (χ3v) is 5.47. The molecule has 2 aromatic rings. The molecule has 7 heteroatoms. The molecule has 0 saturated carbocycles. The van der Waals surface area contributed by atoms with Crippen molar-refractivity contribution < 1.29 is 14.3 Å². The number of carbonyl (C=O) groups excluding carboxylic acids is 2. The number of pyridine rings is 1. The summed E-state index contributed by atoms with van der Waals surface area (Å²) in [6.07, 6.45) is 4.15. The topological polar surface area (TPSA) is 68.3 Å². The van der Waals surface area contributed by atoms with Crippen molar-refractivity contribution in [1.29, 1.82) is 0 Å². The molecule has 1 saturated heterocycles. The molecule has 1 aliphatic rings. The van der Waals surface area contributed by atoms with Crippen LogP contribution in [0.3, 0.4) is 0 Å². The number of hydrogen-bond donors (Lipinski definition) is 1. The zero-order valence-electron chi connectivity index (χ0n) is 15.0. The van der Waals surface area contributed by atoms with Gasteiger partial charge in [0, 0.05) is 18.3 Å². The number of nitrogens with zero attached hydrogens (tertiary/aromatic N) is 1. The van der Waals surface area contributed by atoms with Gasteiger partial charge in [-0.05, 0) is 42.2 Å². The van der Waals surface area contributed by atoms with Crippen LogP contribution in [0.15, 0.2) is 42.6 Å². The predicted molar refractivity (Wildman–Crippen MR) is 105 cm³/mol. The number of nitrogens with one attached hydrogen (secondary N) is 1. The number of aromatic nitrogens is 1. The van der Waals surface area contributed by atoms with Crippen LogP contribution in [0.4, 0.5) is 4.79 Å². The first kappa shape index (κ1) is 18.5. The van der Waals surface area contributed by atoms with Crippen LogP contribution < -0.4 is 10.1 Å². The molecular formula is C19H21BN2O3S. The van der Waals surface area contributed by atoms with Gasteiger partial charge < -0.3 is 4.74 Å². The minimum atomic E-state index is -0.740. The molecule has 1 aliphatic heterocycles. The zero-order chi connectivity index (χ0) is 18.6. The molecule has 1 fully saturated rings. The van der Waals surface area contributed by atoms with Gasteiger partial charge >= 0.3 is 0 Å². The van der Waals surface area contributed by atoms with Crippen LogP contribution in [0.1, 0.15) is 23.7 Å². The normalized spacial score (nSPS) is 19.4. The van der Waals surface area contributed by atoms with Gasteiger partial charge in [0.1, 0.15) is 13.6 Å². The SMILES string of the molecule is B[C@@]1(Cc2ccc(OCCc3ccc(CC)cn3)cc2)SC(=O)NC1=O. The fourth-order valence-corrected chi connectivity index (χ4v) is 3.73. The van der Waals surface area contributed by atoms with Crippen molar-refractivity contribution in [3.05, 3.63) is 59.4 Å². The van der Waals surface area contributed by atoms with Gasteiger partial charge in [0.25, 0.3) is 5.24 Å². The lowest BCUT2D eigenvalue weighted by molar-refractivity contribution is -0.119. The van der Waals surface area contributed by atoms with Crippen LogP contribution in [0.25, 0.3) is 0 Å². The van der Waals surface area contributed by atoms with E-state index >= 15 is 0 Å². The summed E-state index contributed by atoms with van der Waals surface area (Å²) in [5, 5.41) is 2.06. The summed E-state index contributed by atoms with van der Waals surface area (Å²) in [6, 6.07) is 11.8. The van der Waals surface area contributed by atoms with E-state index in [0.29, 0.717) is 13.0 Å². The Hall–Kier alpha value is -2.28. The second kappa shape index (κ2) is 7.95. The Kier molecular flexibility index (Phi) is 5.66. The quantitative estimate of drug-likeness (QED) is 0.759. The number of carbonyl (C=O) groups is 2. The molecule has 26 heavy (non-hydrogen) atoms. The van der Waals surface area contributed by atoms with Crippen LogP contribution in [0.5, 0.6) is 5.75 Å². The molecule has 0 bridgehead atoms. The van der Waals surface area contributed by atoms with Crippen molar-refractivity contribution in [1.82, 2.24) is 10.3 Å². The number of benzene rings is 1. The highest BCUT2D eigenvalue weighted by Crippen LogP contribution is 2.32. The monoisotopic (exact) mass is 368 g/mol. The maximum Gasteiger partial charge on any atom is 0.285 e. The van der Waals surface area contributed by atoms with E-state index in [2.05, 4.69) is 23.3 Å². The van der Waals surface area contributed by atoms with Gasteiger partial charge in [-0.15, -0.1) is 0 Å². The third kappa shape index (κ3) is 4.46. The summed E-state index contributed by atoms with van der Waals surface area (Å²) in [5.74, 6) is 0.554. The van der Waals surface area contributed by atoms with Crippen LogP contribution in [-0.4, -0.2) is 35.2 Å². The van der Waals surface area contributed by atoms with Crippen LogP contribution in [0, 0.1) is 0 Å². The molecule has 1 aromatic heterocycles. The van der Waals surface area contributed by atoms with Crippen LogP contribution >= 0.6 is 11.8 Å². The molecular weight excluding hydrogens is 347 g/mol. The Morgan fingerprint density at radius 2 is 1.88 bits per heavy atom. The standard InChI is InChI=1S/C19H21BN2O3S/c1-2-13-3-6-15(21-12-13)9-10-25-16-7-4-14(5-8-16)11-19(20)17(23)22-18(24)26-19/h3-8,12H,2,9-11,20H2,1H3,(H,22,23,24)/t19-/m0/s1. The van der Waals surface area contributed by atoms with E-state index in [1.165, 1.54) is 5.56 Å². The van der Waals surface area contributed by atoms with Crippen molar-refractivity contribution in [2.45, 2.75) is 30.8 Å². The molecule has 5 nitrogen and oxygen atoms in total. The second-order valence-corrected chi connectivity index (χ2v) is 7.98. The van der Waals surface area contributed by atoms with E-state index in [-0.39, 0.29) is 11.1 Å². The first-order chi connectivity index (χ1) is 12.5. The highest BCUT2D eigenvalue weighted by atomic mass is 32.2. The van der Waals surface area contributed by atoms with E-state index < -0.39 is 4.65 Å². The average Bonchev–Trinajstić information content (AvgIpc) is 2.88. The molecule has 0 spiro atoms. The van der Waals surface area contributed by atoms with Crippen LogP contribution in [0.2, 0.25) is 0 Å². The first-order valence-electron chi connectivity index (χ1n) is 8.68. The summed E-state index contributed by atoms with van der Waals surface area (Å²) < 4.78 is 5.04. The van der Waals surface area contributed by atoms with Gasteiger partial charge in [-0.2, -0.15) is 0 Å². The van der Waals surface area contributed by atoms with Crippen molar-refractivity contribution in [3.63, 3.8) is 0 Å². The summed E-state index contributed by atoms with van der Waals surface area (Å²) >= 11 is 1.05. The maximum absolute atomic E-state index is 11.9. The van der Waals surface area contributed by atoms with Crippen LogP contribution in [-0.2, 0) is 24.1 Å². The molecule has 0 radical (unpaired) electrons. The maximum atomic E-state index is 11.9. The van der Waals surface area contributed by atoms with Gasteiger partial charge in [0.2, 0.25) is 5.91 Å². The highest BCUT2D eigenvalue weighted by Gasteiger charge is 2.43. The van der Waals surface area contributed by atoms with Gasteiger partial charge in [-0.3, -0.25) is 19.9 Å². The molecule has 3 rings (SSSR count). The van der Waals surface area contributed by atoms with Crippen molar-refractivity contribution in [3.8, 4) is 5.75 Å². The van der Waals surface area contributed by atoms with E-state index in [9.17, 15) is 9.59 Å². The molecule has 0 aliphatic carbocycles. The number of ether oxygens (including phenoxy) is 1. The van der Waals surface area contributed by atoms with Crippen molar-refractivity contribution >= 4 is 30.8 Å². The minimum Gasteiger partial charge on any atom is -0.493 e. The predicted octanol–water partition coefficient (Wildman–Crippen LogP) is 2.12. The molecule has 0 unspecified atom stereocenters. The van der Waals surface area contributed by atoms with E-state index in [1.54, 1.807) is 7.85 Å². The molecule has 2 heterocycles. The smallest absolute Gasteiger partial charge is 0.285 e. The van der Waals surface area contributed by atoms with Gasteiger partial charge in [0.15, 0.2) is 0 Å². The molecule has 1 aromatic carbocycles. The Morgan fingerprint density at radius 1 is 1.15 bits per heavy atom. The van der Waals surface area contributed by atoms with Crippen molar-refractivity contribution in [2.75, 3.05) is 6.61 Å². The van der Waals surface area contributed by atoms with E-state index in [1.807, 2.05) is 36.5 Å². The minimum absolute atomic E-state index is 0.227. The summed E-state index contributed by atoms with van der Waals surface area (Å²) in [6.45, 7) is 2.67. The first-order valence-corrected chi connectivity index (χ1v) is 9.50. The zero-order valence-corrected chi connectivity index (χ0v) is 15.8. The van der Waals surface area contributed by atoms with Crippen molar-refractivity contribution in [2.24, 2.45) is 0 Å². The largest absolute Gasteiger partial charge is 0.493 e. The number of thioether (sulfide) groups is 1. The number of imide groups is 1. The summed E-state index contributed by atoms with van der Waals surface area (Å²) in [7, 11) is 1.79. The van der Waals surface area contributed by atoms with Gasteiger partial charge in [-0.25, -0.2) is 0 Å². The van der Waals surface area contributed by atoms with E-state index in [4.69, 9.17) is 4.74 Å². The summed E-state index contributed by atoms with van der Waals surface area (Å²) in [4.78, 5) is 27.7. The lowest BCUT2D eigenvalue weighted by atomic mass is 9.80. The van der Waals surface area contributed by atoms with E-state index in [0.717, 1.165) is 41.6 Å². The Balaban J connectivity index is 1.51. The molecule has 1 N–H and O–H groups in total. The Bertz CT molecular complexity index is 795. The number of hydrogen-bond acceptors (Lipinski definition) is 5. The fourth-order valence-electron chi connectivity index (χ4n) is 2.80. The second-order valence-electron chi connectivity index (χ2n) is 6.51. The number of amides is 2. The third-order valence-electron chi connectivity index (χ3n) is 4.40. The Morgan fingerprint density at radius 3 is 2.46 bits per heavy atom. The molecule has 1 atom stereocenters.